The van der Waals surface area contributed by atoms with E-state index in [1.807, 2.05) is 13.8 Å². The maximum Gasteiger partial charge on any atom is 0.321 e. The Labute approximate surface area is 118 Å². The first-order valence-corrected chi connectivity index (χ1v) is 7.30. The zero-order valence-electron chi connectivity index (χ0n) is 12.0. The Morgan fingerprint density at radius 1 is 1.40 bits per heavy atom. The van der Waals surface area contributed by atoms with Crippen LogP contribution in [-0.4, -0.2) is 57.9 Å². The summed E-state index contributed by atoms with van der Waals surface area (Å²) in [5.41, 5.74) is 0. The van der Waals surface area contributed by atoms with Crippen LogP contribution >= 0.6 is 0 Å². The van der Waals surface area contributed by atoms with Crippen molar-refractivity contribution in [2.24, 2.45) is 5.92 Å². The van der Waals surface area contributed by atoms with Gasteiger partial charge in [-0.15, -0.1) is 0 Å². The number of likely N-dealkylation sites (tertiary alicyclic amines) is 2. The minimum atomic E-state index is -0.897. The zero-order valence-corrected chi connectivity index (χ0v) is 12.0. The van der Waals surface area contributed by atoms with Gasteiger partial charge in [-0.05, 0) is 31.7 Å². The third-order valence-electron chi connectivity index (χ3n) is 4.29. The summed E-state index contributed by atoms with van der Waals surface area (Å²) in [7, 11) is 0. The second-order valence-corrected chi connectivity index (χ2v) is 5.74. The van der Waals surface area contributed by atoms with Crippen LogP contribution < -0.4 is 0 Å². The molecule has 6 nitrogen and oxygen atoms in total. The molecule has 2 heterocycles. The molecule has 2 rings (SSSR count). The molecule has 0 saturated carbocycles. The van der Waals surface area contributed by atoms with Crippen LogP contribution in [0.25, 0.3) is 0 Å². The molecule has 2 saturated heterocycles. The van der Waals surface area contributed by atoms with E-state index in [4.69, 9.17) is 0 Å². The van der Waals surface area contributed by atoms with Gasteiger partial charge in [0, 0.05) is 6.54 Å². The van der Waals surface area contributed by atoms with Gasteiger partial charge in [0.2, 0.25) is 11.8 Å². The summed E-state index contributed by atoms with van der Waals surface area (Å²) in [4.78, 5) is 38.8. The maximum absolute atomic E-state index is 12.4. The van der Waals surface area contributed by atoms with Crippen LogP contribution in [0, 0.1) is 5.92 Å². The fourth-order valence-electron chi connectivity index (χ4n) is 3.34. The number of carboxylic acid groups (broad SMARTS) is 1. The third kappa shape index (κ3) is 2.57. The van der Waals surface area contributed by atoms with Crippen molar-refractivity contribution in [2.45, 2.75) is 51.6 Å². The predicted molar refractivity (Wildman–Crippen MR) is 71.9 cm³/mol. The Kier molecular flexibility index (Phi) is 4.42. The highest BCUT2D eigenvalue weighted by molar-refractivity contribution is 6.05. The molecule has 0 aromatic heterocycles. The zero-order chi connectivity index (χ0) is 14.9. The molecule has 0 aliphatic carbocycles. The summed E-state index contributed by atoms with van der Waals surface area (Å²) >= 11 is 0. The number of carboxylic acids is 1. The molecule has 3 atom stereocenters. The third-order valence-corrected chi connectivity index (χ3v) is 4.29. The number of amides is 2. The normalized spacial score (nSPS) is 31.9. The van der Waals surface area contributed by atoms with Crippen LogP contribution in [0.3, 0.4) is 0 Å². The molecule has 3 unspecified atom stereocenters. The van der Waals surface area contributed by atoms with Gasteiger partial charge in [0.25, 0.3) is 0 Å². The van der Waals surface area contributed by atoms with E-state index in [1.165, 1.54) is 4.90 Å². The van der Waals surface area contributed by atoms with Crippen molar-refractivity contribution >= 4 is 17.8 Å². The predicted octanol–water partition coefficient (Wildman–Crippen LogP) is 0.709. The molecule has 6 heteroatoms. The maximum atomic E-state index is 12.4. The molecule has 112 valence electrons. The summed E-state index contributed by atoms with van der Waals surface area (Å²) < 4.78 is 0. The lowest BCUT2D eigenvalue weighted by atomic mass is 9.89. The first-order valence-electron chi connectivity index (χ1n) is 7.30. The van der Waals surface area contributed by atoms with E-state index in [0.29, 0.717) is 13.1 Å². The van der Waals surface area contributed by atoms with Gasteiger partial charge in [-0.1, -0.05) is 13.8 Å². The van der Waals surface area contributed by atoms with Gasteiger partial charge in [0.1, 0.15) is 6.04 Å². The summed E-state index contributed by atoms with van der Waals surface area (Å²) in [5.74, 6) is -1.29. The van der Waals surface area contributed by atoms with E-state index in [2.05, 4.69) is 0 Å². The Balaban J connectivity index is 2.19. The number of hydrogen-bond donors (Lipinski definition) is 1. The first kappa shape index (κ1) is 15.0. The lowest BCUT2D eigenvalue weighted by molar-refractivity contribution is -0.150. The van der Waals surface area contributed by atoms with Gasteiger partial charge in [0.15, 0.2) is 0 Å². The minimum Gasteiger partial charge on any atom is -0.480 e. The Morgan fingerprint density at radius 2 is 2.10 bits per heavy atom. The summed E-state index contributed by atoms with van der Waals surface area (Å²) in [6.45, 7) is 4.81. The lowest BCUT2D eigenvalue weighted by Crippen LogP contribution is -2.55. The Bertz CT molecular complexity index is 423. The number of nitrogens with zero attached hydrogens (tertiary/aromatic N) is 2. The molecule has 20 heavy (non-hydrogen) atoms. The van der Waals surface area contributed by atoms with E-state index in [1.54, 1.807) is 4.90 Å². The average molecular weight is 282 g/mol. The second-order valence-electron chi connectivity index (χ2n) is 5.74. The van der Waals surface area contributed by atoms with E-state index in [9.17, 15) is 19.5 Å². The lowest BCUT2D eigenvalue weighted by Gasteiger charge is -2.39. The van der Waals surface area contributed by atoms with Crippen LogP contribution in [0.4, 0.5) is 0 Å². The Morgan fingerprint density at radius 3 is 2.70 bits per heavy atom. The summed E-state index contributed by atoms with van der Waals surface area (Å²) in [5, 5.41) is 9.41. The summed E-state index contributed by atoms with van der Waals surface area (Å²) in [6.07, 6.45) is 2.57. The fourth-order valence-corrected chi connectivity index (χ4v) is 3.34. The van der Waals surface area contributed by atoms with Crippen LogP contribution in [0.2, 0.25) is 0 Å². The topological polar surface area (TPSA) is 77.9 Å². The SMILES string of the molecule is CCCN1C(=O)CC(N2CCCC(C)C2C(=O)O)C1=O. The summed E-state index contributed by atoms with van der Waals surface area (Å²) in [6, 6.07) is -1.25. The molecule has 0 aromatic rings. The quantitative estimate of drug-likeness (QED) is 0.768. The molecule has 0 bridgehead atoms. The van der Waals surface area contributed by atoms with Crippen molar-refractivity contribution < 1.29 is 19.5 Å². The molecular formula is C14H22N2O4. The molecule has 2 aliphatic heterocycles. The van der Waals surface area contributed by atoms with Crippen molar-refractivity contribution in [3.63, 3.8) is 0 Å². The standard InChI is InChI=1S/C14H22N2O4/c1-3-6-16-11(17)8-10(13(16)18)15-7-4-5-9(2)12(15)14(19)20/h9-10,12H,3-8H2,1-2H3,(H,19,20). The van der Waals surface area contributed by atoms with Gasteiger partial charge in [-0.25, -0.2) is 0 Å². The van der Waals surface area contributed by atoms with Gasteiger partial charge >= 0.3 is 5.97 Å². The van der Waals surface area contributed by atoms with Crippen LogP contribution in [0.15, 0.2) is 0 Å². The monoisotopic (exact) mass is 282 g/mol. The molecular weight excluding hydrogens is 260 g/mol. The Hall–Kier alpha value is -1.43. The number of hydrogen-bond acceptors (Lipinski definition) is 4. The number of piperidine rings is 1. The van der Waals surface area contributed by atoms with Crippen molar-refractivity contribution in [3.05, 3.63) is 0 Å². The van der Waals surface area contributed by atoms with E-state index in [0.717, 1.165) is 19.3 Å². The molecule has 2 aliphatic rings. The van der Waals surface area contributed by atoms with Gasteiger partial charge in [-0.2, -0.15) is 0 Å². The van der Waals surface area contributed by atoms with Crippen LogP contribution in [0.1, 0.15) is 39.5 Å². The van der Waals surface area contributed by atoms with E-state index < -0.39 is 18.1 Å². The van der Waals surface area contributed by atoms with Crippen molar-refractivity contribution in [2.75, 3.05) is 13.1 Å². The highest BCUT2D eigenvalue weighted by Gasteiger charge is 2.47. The van der Waals surface area contributed by atoms with Crippen molar-refractivity contribution in [1.82, 2.24) is 9.80 Å². The second kappa shape index (κ2) is 5.91. The molecule has 2 amide bonds. The molecule has 1 N–H and O–H groups in total. The number of aliphatic carboxylic acids is 1. The smallest absolute Gasteiger partial charge is 0.321 e. The van der Waals surface area contributed by atoms with Crippen LogP contribution in [-0.2, 0) is 14.4 Å². The van der Waals surface area contributed by atoms with Gasteiger partial charge in [-0.3, -0.25) is 24.2 Å². The van der Waals surface area contributed by atoms with Crippen molar-refractivity contribution in [3.8, 4) is 0 Å². The van der Waals surface area contributed by atoms with Gasteiger partial charge < -0.3 is 5.11 Å². The molecule has 0 radical (unpaired) electrons. The van der Waals surface area contributed by atoms with E-state index in [-0.39, 0.29) is 24.2 Å². The molecule has 0 aromatic carbocycles. The number of rotatable bonds is 4. The van der Waals surface area contributed by atoms with Gasteiger partial charge in [0.05, 0.1) is 12.5 Å². The average Bonchev–Trinajstić information content (AvgIpc) is 2.66. The van der Waals surface area contributed by atoms with Crippen LogP contribution in [0.5, 0.6) is 0 Å². The molecule has 2 fully saturated rings. The highest BCUT2D eigenvalue weighted by atomic mass is 16.4. The van der Waals surface area contributed by atoms with Crippen molar-refractivity contribution in [1.29, 1.82) is 0 Å². The largest absolute Gasteiger partial charge is 0.480 e. The molecule has 0 spiro atoms. The first-order chi connectivity index (χ1) is 9.47. The number of carbonyl (C=O) groups is 3. The number of imide groups is 1. The van der Waals surface area contributed by atoms with E-state index >= 15 is 0 Å². The minimum absolute atomic E-state index is 0.00405. The fraction of sp³-hybridized carbons (Fsp3) is 0.786. The number of carbonyl (C=O) groups excluding carboxylic acids is 2. The highest BCUT2D eigenvalue weighted by Crippen LogP contribution is 2.29.